The van der Waals surface area contributed by atoms with Gasteiger partial charge in [0.2, 0.25) is 5.91 Å². The number of ether oxygens (including phenoxy) is 3. The summed E-state index contributed by atoms with van der Waals surface area (Å²) in [7, 11) is 0. The van der Waals surface area contributed by atoms with Crippen molar-refractivity contribution in [2.45, 2.75) is 26.4 Å². The molecule has 0 heterocycles. The molecule has 0 aliphatic heterocycles. The number of nitrogens with zero attached hydrogens (tertiary/aromatic N) is 1. The molecule has 0 saturated heterocycles. The van der Waals surface area contributed by atoms with E-state index in [9.17, 15) is 19.7 Å². The SMILES string of the molecule is CC(C)(C)OC(=O)Nc1cccc(OC/C=C/COc2cc(C(N)=O)cc([N+](=O)[O-])c2Cl)c1. The number of rotatable bonds is 9. The van der Waals surface area contributed by atoms with Crippen LogP contribution in [0, 0.1) is 10.1 Å². The van der Waals surface area contributed by atoms with Crippen molar-refractivity contribution in [3.63, 3.8) is 0 Å². The molecule has 2 aromatic carbocycles. The van der Waals surface area contributed by atoms with E-state index in [0.717, 1.165) is 6.07 Å². The number of carbonyl (C=O) groups excluding carboxylic acids is 2. The Morgan fingerprint density at radius 3 is 2.42 bits per heavy atom. The maximum absolute atomic E-state index is 11.9. The van der Waals surface area contributed by atoms with Gasteiger partial charge in [0.15, 0.2) is 5.02 Å². The highest BCUT2D eigenvalue weighted by atomic mass is 35.5. The second-order valence-corrected chi connectivity index (χ2v) is 8.05. The molecule has 0 saturated carbocycles. The van der Waals surface area contributed by atoms with Gasteiger partial charge in [-0.3, -0.25) is 20.2 Å². The molecule has 2 rings (SSSR count). The smallest absolute Gasteiger partial charge is 0.412 e. The van der Waals surface area contributed by atoms with Gasteiger partial charge in [0, 0.05) is 23.4 Å². The van der Waals surface area contributed by atoms with Crippen LogP contribution < -0.4 is 20.5 Å². The molecule has 0 unspecified atom stereocenters. The van der Waals surface area contributed by atoms with Crippen molar-refractivity contribution >= 4 is 35.0 Å². The summed E-state index contributed by atoms with van der Waals surface area (Å²) < 4.78 is 16.2. The summed E-state index contributed by atoms with van der Waals surface area (Å²) in [5.74, 6) is -0.361. The van der Waals surface area contributed by atoms with Crippen LogP contribution in [0.15, 0.2) is 48.6 Å². The van der Waals surface area contributed by atoms with Crippen molar-refractivity contribution in [3.8, 4) is 11.5 Å². The average Bonchev–Trinajstić information content (AvgIpc) is 2.70. The third kappa shape index (κ3) is 8.34. The molecular formula is C22H24ClN3O7. The van der Waals surface area contributed by atoms with Crippen molar-refractivity contribution in [2.75, 3.05) is 18.5 Å². The highest BCUT2D eigenvalue weighted by Gasteiger charge is 2.21. The normalized spacial score (nSPS) is 11.2. The molecule has 0 fully saturated rings. The van der Waals surface area contributed by atoms with E-state index in [1.807, 2.05) is 0 Å². The molecule has 2 aromatic rings. The summed E-state index contributed by atoms with van der Waals surface area (Å²) in [6.07, 6.45) is 2.70. The molecule has 0 bridgehead atoms. The number of hydrogen-bond acceptors (Lipinski definition) is 7. The Morgan fingerprint density at radius 2 is 1.82 bits per heavy atom. The maximum Gasteiger partial charge on any atom is 0.412 e. The molecule has 0 atom stereocenters. The van der Waals surface area contributed by atoms with Gasteiger partial charge in [-0.2, -0.15) is 0 Å². The van der Waals surface area contributed by atoms with E-state index < -0.39 is 28.2 Å². The summed E-state index contributed by atoms with van der Waals surface area (Å²) in [5.41, 5.74) is 4.53. The Labute approximate surface area is 195 Å². The molecule has 2 amide bonds. The number of nitro groups is 1. The van der Waals surface area contributed by atoms with Gasteiger partial charge in [-0.05, 0) is 51.1 Å². The number of benzene rings is 2. The van der Waals surface area contributed by atoms with Crippen LogP contribution in [0.4, 0.5) is 16.2 Å². The van der Waals surface area contributed by atoms with Crippen LogP contribution in [0.5, 0.6) is 11.5 Å². The third-order valence-corrected chi connectivity index (χ3v) is 4.21. The number of amides is 2. The monoisotopic (exact) mass is 477 g/mol. The Balaban J connectivity index is 1.90. The van der Waals surface area contributed by atoms with Crippen LogP contribution in [0.3, 0.4) is 0 Å². The quantitative estimate of drug-likeness (QED) is 0.302. The zero-order chi connectivity index (χ0) is 24.6. The lowest BCUT2D eigenvalue weighted by molar-refractivity contribution is -0.384. The van der Waals surface area contributed by atoms with Crippen molar-refractivity contribution < 1.29 is 28.7 Å². The number of hydrogen-bond donors (Lipinski definition) is 2. The van der Waals surface area contributed by atoms with Gasteiger partial charge in [-0.25, -0.2) is 4.79 Å². The molecular weight excluding hydrogens is 454 g/mol. The number of anilines is 1. The summed E-state index contributed by atoms with van der Waals surface area (Å²) in [6.45, 7) is 5.51. The van der Waals surface area contributed by atoms with Gasteiger partial charge in [-0.1, -0.05) is 17.7 Å². The summed E-state index contributed by atoms with van der Waals surface area (Å²) in [6, 6.07) is 9.01. The lowest BCUT2D eigenvalue weighted by Gasteiger charge is -2.19. The number of nitrogens with two attached hydrogens (primary N) is 1. The number of nitro benzene ring substituents is 1. The highest BCUT2D eigenvalue weighted by molar-refractivity contribution is 6.34. The number of carbonyl (C=O) groups is 2. The van der Waals surface area contributed by atoms with Crippen LogP contribution in [0.2, 0.25) is 5.02 Å². The molecule has 176 valence electrons. The van der Waals surface area contributed by atoms with Gasteiger partial charge in [0.25, 0.3) is 5.69 Å². The summed E-state index contributed by atoms with van der Waals surface area (Å²) in [5, 5.41) is 13.5. The predicted octanol–water partition coefficient (Wildman–Crippen LogP) is 4.71. The van der Waals surface area contributed by atoms with E-state index in [-0.39, 0.29) is 29.5 Å². The first-order valence-electron chi connectivity index (χ1n) is 9.74. The topological polar surface area (TPSA) is 143 Å². The molecule has 0 aliphatic rings. The number of nitrogens with one attached hydrogen (secondary N) is 1. The average molecular weight is 478 g/mol. The minimum atomic E-state index is -0.841. The summed E-state index contributed by atoms with van der Waals surface area (Å²) in [4.78, 5) is 33.6. The first-order valence-corrected chi connectivity index (χ1v) is 10.1. The van der Waals surface area contributed by atoms with E-state index in [1.165, 1.54) is 6.07 Å². The lowest BCUT2D eigenvalue weighted by Crippen LogP contribution is -2.27. The van der Waals surface area contributed by atoms with Crippen LogP contribution >= 0.6 is 11.6 Å². The molecule has 33 heavy (non-hydrogen) atoms. The first-order chi connectivity index (χ1) is 15.5. The molecule has 0 aliphatic carbocycles. The number of primary amides is 1. The Hall–Kier alpha value is -3.79. The van der Waals surface area contributed by atoms with Gasteiger partial charge < -0.3 is 19.9 Å². The van der Waals surface area contributed by atoms with Gasteiger partial charge in [0.1, 0.15) is 30.3 Å². The van der Waals surface area contributed by atoms with Gasteiger partial charge in [-0.15, -0.1) is 0 Å². The van der Waals surface area contributed by atoms with Crippen molar-refractivity contribution in [2.24, 2.45) is 5.73 Å². The van der Waals surface area contributed by atoms with Crippen LogP contribution in [-0.4, -0.2) is 35.7 Å². The third-order valence-electron chi connectivity index (χ3n) is 3.83. The zero-order valence-corrected chi connectivity index (χ0v) is 19.0. The lowest BCUT2D eigenvalue weighted by atomic mass is 10.2. The Kier molecular flexibility index (Phi) is 8.63. The zero-order valence-electron chi connectivity index (χ0n) is 18.3. The van der Waals surface area contributed by atoms with E-state index in [4.69, 9.17) is 31.5 Å². The van der Waals surface area contributed by atoms with Gasteiger partial charge in [0.05, 0.1) is 4.92 Å². The predicted molar refractivity (Wildman–Crippen MR) is 123 cm³/mol. The molecule has 3 N–H and O–H groups in total. The standard InChI is InChI=1S/C22H24ClN3O7/c1-22(2,3)33-21(28)25-15-7-6-8-16(13-15)31-9-4-5-10-32-18-12-14(20(24)27)11-17(19(18)23)26(29)30/h4-8,11-13H,9-10H2,1-3H3,(H2,24,27)(H,25,28)/b5-4+. The second kappa shape index (κ2) is 11.2. The fourth-order valence-corrected chi connectivity index (χ4v) is 2.70. The van der Waals surface area contributed by atoms with Crippen LogP contribution in [0.25, 0.3) is 0 Å². The van der Waals surface area contributed by atoms with Crippen molar-refractivity contribution in [1.82, 2.24) is 0 Å². The fraction of sp³-hybridized carbons (Fsp3) is 0.273. The maximum atomic E-state index is 11.9. The van der Waals surface area contributed by atoms with E-state index in [2.05, 4.69) is 5.32 Å². The Morgan fingerprint density at radius 1 is 1.15 bits per heavy atom. The van der Waals surface area contributed by atoms with E-state index >= 15 is 0 Å². The minimum absolute atomic E-state index is 0.0166. The van der Waals surface area contributed by atoms with Crippen molar-refractivity contribution in [1.29, 1.82) is 0 Å². The summed E-state index contributed by atoms with van der Waals surface area (Å²) >= 11 is 5.98. The van der Waals surface area contributed by atoms with Gasteiger partial charge >= 0.3 is 6.09 Å². The molecule has 0 radical (unpaired) electrons. The van der Waals surface area contributed by atoms with Crippen molar-refractivity contribution in [3.05, 3.63) is 69.3 Å². The molecule has 0 spiro atoms. The number of halogens is 1. The second-order valence-electron chi connectivity index (χ2n) is 7.68. The van der Waals surface area contributed by atoms with E-state index in [0.29, 0.717) is 11.4 Å². The largest absolute Gasteiger partial charge is 0.489 e. The molecule has 11 heteroatoms. The van der Waals surface area contributed by atoms with Crippen LogP contribution in [0.1, 0.15) is 31.1 Å². The fourth-order valence-electron chi connectivity index (χ4n) is 2.47. The van der Waals surface area contributed by atoms with E-state index in [1.54, 1.807) is 57.2 Å². The highest BCUT2D eigenvalue weighted by Crippen LogP contribution is 2.35. The van der Waals surface area contributed by atoms with Crippen LogP contribution in [-0.2, 0) is 4.74 Å². The molecule has 0 aromatic heterocycles. The molecule has 10 nitrogen and oxygen atoms in total. The first kappa shape index (κ1) is 25.5. The minimum Gasteiger partial charge on any atom is -0.489 e. The Bertz CT molecular complexity index is 1060.